The summed E-state index contributed by atoms with van der Waals surface area (Å²) >= 11 is 1.26. The third-order valence-electron chi connectivity index (χ3n) is 2.52. The number of rotatable bonds is 4. The van der Waals surface area contributed by atoms with Gasteiger partial charge in [0, 0.05) is 25.9 Å². The van der Waals surface area contributed by atoms with Gasteiger partial charge in [0.2, 0.25) is 0 Å². The van der Waals surface area contributed by atoms with Crippen LogP contribution in [0.1, 0.15) is 29.4 Å². The normalized spacial score (nSPS) is 12.9. The van der Waals surface area contributed by atoms with Crippen molar-refractivity contribution in [3.8, 4) is 0 Å². The van der Waals surface area contributed by atoms with Crippen LogP contribution in [0.3, 0.4) is 0 Å². The van der Waals surface area contributed by atoms with E-state index in [2.05, 4.69) is 14.6 Å². The van der Waals surface area contributed by atoms with E-state index >= 15 is 0 Å². The zero-order valence-electron chi connectivity index (χ0n) is 9.29. The van der Waals surface area contributed by atoms with Crippen molar-refractivity contribution in [1.29, 1.82) is 0 Å². The molecule has 0 bridgehead atoms. The molecule has 0 spiro atoms. The van der Waals surface area contributed by atoms with Crippen molar-refractivity contribution < 1.29 is 5.11 Å². The largest absolute Gasteiger partial charge is 0.387 e. The molecule has 86 valence electrons. The molecule has 5 nitrogen and oxygen atoms in total. The van der Waals surface area contributed by atoms with Crippen molar-refractivity contribution in [2.75, 3.05) is 0 Å². The number of aliphatic hydroxyl groups excluding tert-OH is 1. The fourth-order valence-electron chi connectivity index (χ4n) is 1.57. The van der Waals surface area contributed by atoms with Gasteiger partial charge in [0.25, 0.3) is 0 Å². The van der Waals surface area contributed by atoms with Crippen molar-refractivity contribution >= 4 is 11.5 Å². The van der Waals surface area contributed by atoms with Crippen LogP contribution in [0.4, 0.5) is 0 Å². The Kier molecular flexibility index (Phi) is 3.31. The van der Waals surface area contributed by atoms with E-state index in [0.717, 1.165) is 22.8 Å². The number of aromatic nitrogens is 4. The predicted molar refractivity (Wildman–Crippen MR) is 61.2 cm³/mol. The summed E-state index contributed by atoms with van der Waals surface area (Å²) in [4.78, 5) is 5.04. The van der Waals surface area contributed by atoms with Crippen LogP contribution < -0.4 is 0 Å². The lowest BCUT2D eigenvalue weighted by molar-refractivity contribution is 0.177. The maximum Gasteiger partial charge on any atom is 0.111 e. The van der Waals surface area contributed by atoms with Gasteiger partial charge in [-0.15, -0.1) is 5.10 Å². The van der Waals surface area contributed by atoms with Crippen LogP contribution in [0.25, 0.3) is 0 Å². The van der Waals surface area contributed by atoms with E-state index < -0.39 is 6.10 Å². The van der Waals surface area contributed by atoms with Crippen LogP contribution in [-0.4, -0.2) is 24.2 Å². The predicted octanol–water partition coefficient (Wildman–Crippen LogP) is 1.11. The molecule has 2 aromatic heterocycles. The third kappa shape index (κ3) is 2.12. The summed E-state index contributed by atoms with van der Waals surface area (Å²) < 4.78 is 5.78. The minimum absolute atomic E-state index is 0.500. The molecule has 2 rings (SSSR count). The van der Waals surface area contributed by atoms with E-state index in [9.17, 15) is 5.11 Å². The molecule has 0 radical (unpaired) electrons. The highest BCUT2D eigenvalue weighted by Gasteiger charge is 2.17. The van der Waals surface area contributed by atoms with Gasteiger partial charge >= 0.3 is 0 Å². The van der Waals surface area contributed by atoms with E-state index in [0.29, 0.717) is 6.42 Å². The van der Waals surface area contributed by atoms with Gasteiger partial charge < -0.3 is 9.67 Å². The maximum atomic E-state index is 10.1. The fourth-order valence-corrected chi connectivity index (χ4v) is 2.30. The van der Waals surface area contributed by atoms with Gasteiger partial charge in [0.1, 0.15) is 5.82 Å². The second-order valence-electron chi connectivity index (χ2n) is 3.61. The Balaban J connectivity index is 2.14. The highest BCUT2D eigenvalue weighted by Crippen LogP contribution is 2.23. The van der Waals surface area contributed by atoms with Gasteiger partial charge in [0.05, 0.1) is 16.7 Å². The minimum Gasteiger partial charge on any atom is -0.387 e. The Labute approximate surface area is 97.9 Å². The quantitative estimate of drug-likeness (QED) is 0.866. The van der Waals surface area contributed by atoms with Crippen molar-refractivity contribution in [3.05, 3.63) is 28.8 Å². The van der Waals surface area contributed by atoms with Crippen LogP contribution >= 0.6 is 11.5 Å². The van der Waals surface area contributed by atoms with E-state index in [4.69, 9.17) is 0 Å². The van der Waals surface area contributed by atoms with E-state index in [1.807, 2.05) is 24.7 Å². The summed E-state index contributed by atoms with van der Waals surface area (Å²) in [7, 11) is 1.92. The molecule has 0 amide bonds. The highest BCUT2D eigenvalue weighted by atomic mass is 32.1. The molecule has 6 heteroatoms. The van der Waals surface area contributed by atoms with Crippen molar-refractivity contribution in [2.24, 2.45) is 7.05 Å². The molecule has 0 fully saturated rings. The second kappa shape index (κ2) is 4.71. The lowest BCUT2D eigenvalue weighted by Crippen LogP contribution is -2.07. The van der Waals surface area contributed by atoms with Gasteiger partial charge in [-0.2, -0.15) is 0 Å². The summed E-state index contributed by atoms with van der Waals surface area (Å²) in [6.45, 7) is 2.01. The summed E-state index contributed by atoms with van der Waals surface area (Å²) in [5.41, 5.74) is 0.881. The Morgan fingerprint density at radius 2 is 2.38 bits per heavy atom. The molecule has 2 aromatic rings. The summed E-state index contributed by atoms with van der Waals surface area (Å²) in [5.74, 6) is 0.864. The number of aliphatic hydroxyl groups is 1. The Morgan fingerprint density at radius 1 is 1.56 bits per heavy atom. The van der Waals surface area contributed by atoms with Gasteiger partial charge in [-0.3, -0.25) is 0 Å². The Bertz CT molecular complexity index is 465. The summed E-state index contributed by atoms with van der Waals surface area (Å²) in [6, 6.07) is 0. The summed E-state index contributed by atoms with van der Waals surface area (Å²) in [6.07, 6.45) is 4.33. The number of hydrogen-bond acceptors (Lipinski definition) is 5. The molecule has 0 saturated carbocycles. The van der Waals surface area contributed by atoms with Gasteiger partial charge in [-0.1, -0.05) is 11.4 Å². The third-order valence-corrected chi connectivity index (χ3v) is 3.39. The second-order valence-corrected chi connectivity index (χ2v) is 4.40. The molecule has 0 aromatic carbocycles. The molecule has 1 N–H and O–H groups in total. The SMILES string of the molecule is CCc1nnsc1C(O)Cc1nccn1C. The molecule has 0 saturated heterocycles. The lowest BCUT2D eigenvalue weighted by atomic mass is 10.1. The van der Waals surface area contributed by atoms with Crippen LogP contribution in [-0.2, 0) is 19.9 Å². The van der Waals surface area contributed by atoms with Crippen molar-refractivity contribution in [1.82, 2.24) is 19.1 Å². The maximum absolute atomic E-state index is 10.1. The first-order chi connectivity index (χ1) is 7.72. The molecule has 16 heavy (non-hydrogen) atoms. The van der Waals surface area contributed by atoms with Crippen LogP contribution in [0.15, 0.2) is 12.4 Å². The topological polar surface area (TPSA) is 63.8 Å². The molecule has 2 heterocycles. The van der Waals surface area contributed by atoms with Gasteiger partial charge in [-0.25, -0.2) is 4.98 Å². The minimum atomic E-state index is -0.559. The molecule has 1 unspecified atom stereocenters. The van der Waals surface area contributed by atoms with Crippen molar-refractivity contribution in [3.63, 3.8) is 0 Å². The fraction of sp³-hybridized carbons (Fsp3) is 0.500. The molecular formula is C10H14N4OS. The first-order valence-electron chi connectivity index (χ1n) is 5.17. The zero-order chi connectivity index (χ0) is 11.5. The van der Waals surface area contributed by atoms with E-state index in [1.165, 1.54) is 11.5 Å². The number of aryl methyl sites for hydroxylation is 2. The Hall–Kier alpha value is -1.27. The molecule has 0 aliphatic carbocycles. The van der Waals surface area contributed by atoms with E-state index in [-0.39, 0.29) is 0 Å². The van der Waals surface area contributed by atoms with Crippen LogP contribution in [0, 0.1) is 0 Å². The van der Waals surface area contributed by atoms with Gasteiger partial charge in [-0.05, 0) is 18.0 Å². The monoisotopic (exact) mass is 238 g/mol. The number of hydrogen-bond donors (Lipinski definition) is 1. The average Bonchev–Trinajstić information content (AvgIpc) is 2.87. The number of imidazole rings is 1. The number of nitrogens with zero attached hydrogens (tertiary/aromatic N) is 4. The van der Waals surface area contributed by atoms with Crippen LogP contribution in [0.5, 0.6) is 0 Å². The average molecular weight is 238 g/mol. The lowest BCUT2D eigenvalue weighted by Gasteiger charge is -2.08. The first-order valence-corrected chi connectivity index (χ1v) is 5.95. The smallest absolute Gasteiger partial charge is 0.111 e. The highest BCUT2D eigenvalue weighted by molar-refractivity contribution is 7.05. The zero-order valence-corrected chi connectivity index (χ0v) is 10.1. The standard InChI is InChI=1S/C10H14N4OS/c1-3-7-10(16-13-12-7)8(15)6-9-11-4-5-14(9)2/h4-5,8,15H,3,6H2,1-2H3. The first kappa shape index (κ1) is 11.2. The van der Waals surface area contributed by atoms with Crippen molar-refractivity contribution in [2.45, 2.75) is 25.9 Å². The van der Waals surface area contributed by atoms with Gasteiger partial charge in [0.15, 0.2) is 0 Å². The summed E-state index contributed by atoms with van der Waals surface area (Å²) in [5, 5.41) is 14.1. The Morgan fingerprint density at radius 3 is 3.00 bits per heavy atom. The molecule has 0 aliphatic rings. The van der Waals surface area contributed by atoms with Crippen LogP contribution in [0.2, 0.25) is 0 Å². The molecular weight excluding hydrogens is 224 g/mol. The molecule has 0 aliphatic heterocycles. The molecule has 1 atom stereocenters. The van der Waals surface area contributed by atoms with E-state index in [1.54, 1.807) is 6.20 Å².